The summed E-state index contributed by atoms with van der Waals surface area (Å²) in [5.41, 5.74) is 7.94. The van der Waals surface area contributed by atoms with Crippen LogP contribution in [-0.4, -0.2) is 21.0 Å². The van der Waals surface area contributed by atoms with Gasteiger partial charge in [-0.15, -0.1) is 11.3 Å². The average Bonchev–Trinajstić information content (AvgIpc) is 3.02. The molecule has 3 aromatic rings. The molecule has 2 heterocycles. The molecule has 0 fully saturated rings. The van der Waals surface area contributed by atoms with E-state index in [1.54, 1.807) is 17.5 Å². The number of carbonyl (C=O) groups is 1. The number of amides is 1. The zero-order valence-corrected chi connectivity index (χ0v) is 11.3. The highest BCUT2D eigenvalue weighted by atomic mass is 32.1. The number of aromatic hydroxyl groups is 1. The van der Waals surface area contributed by atoms with E-state index in [4.69, 9.17) is 5.73 Å². The number of hydrogen-bond acceptors (Lipinski definition) is 4. The van der Waals surface area contributed by atoms with Crippen molar-refractivity contribution < 1.29 is 9.90 Å². The van der Waals surface area contributed by atoms with Crippen molar-refractivity contribution in [2.24, 2.45) is 5.73 Å². The third kappa shape index (κ3) is 2.37. The molecule has 4 N–H and O–H groups in total. The highest BCUT2D eigenvalue weighted by Crippen LogP contribution is 2.24. The summed E-state index contributed by atoms with van der Waals surface area (Å²) in [7, 11) is 0. The molecule has 0 saturated heterocycles. The maximum atomic E-state index is 11.0. The summed E-state index contributed by atoms with van der Waals surface area (Å²) in [5.74, 6) is -0.269. The maximum Gasteiger partial charge on any atom is 0.277 e. The molecule has 0 spiro atoms. The smallest absolute Gasteiger partial charge is 0.277 e. The summed E-state index contributed by atoms with van der Waals surface area (Å²) >= 11 is 1.24. The van der Waals surface area contributed by atoms with Gasteiger partial charge in [-0.3, -0.25) is 4.79 Å². The molecule has 3 rings (SSSR count). The number of aromatic nitrogens is 2. The van der Waals surface area contributed by atoms with Crippen LogP contribution in [0.5, 0.6) is 5.75 Å². The Hall–Kier alpha value is -2.34. The first-order chi connectivity index (χ1) is 9.63. The van der Waals surface area contributed by atoms with Crippen LogP contribution in [0.2, 0.25) is 0 Å². The zero-order valence-electron chi connectivity index (χ0n) is 10.5. The number of thiazole rings is 1. The second kappa shape index (κ2) is 4.97. The van der Waals surface area contributed by atoms with Crippen LogP contribution in [-0.2, 0) is 6.42 Å². The van der Waals surface area contributed by atoms with Gasteiger partial charge in [0.25, 0.3) is 5.91 Å². The SMILES string of the molecule is NC(=O)c1nc([CH]Cc2c[nH]c3ccc(O)cc23)cs1. The van der Waals surface area contributed by atoms with Crippen molar-refractivity contribution in [3.8, 4) is 5.75 Å². The first-order valence-corrected chi connectivity index (χ1v) is 6.89. The van der Waals surface area contributed by atoms with Crippen LogP contribution in [0, 0.1) is 6.42 Å². The van der Waals surface area contributed by atoms with Crippen molar-refractivity contribution >= 4 is 28.1 Å². The second-order valence-electron chi connectivity index (χ2n) is 4.39. The lowest BCUT2D eigenvalue weighted by Crippen LogP contribution is -2.10. The van der Waals surface area contributed by atoms with Gasteiger partial charge in [-0.25, -0.2) is 4.98 Å². The van der Waals surface area contributed by atoms with E-state index in [2.05, 4.69) is 9.97 Å². The van der Waals surface area contributed by atoms with Gasteiger partial charge >= 0.3 is 0 Å². The lowest BCUT2D eigenvalue weighted by Gasteiger charge is -1.98. The summed E-state index contributed by atoms with van der Waals surface area (Å²) in [6, 6.07) is 5.21. The highest BCUT2D eigenvalue weighted by molar-refractivity contribution is 7.11. The number of phenolic OH excluding ortho intramolecular Hbond substituents is 1. The van der Waals surface area contributed by atoms with E-state index in [9.17, 15) is 9.90 Å². The van der Waals surface area contributed by atoms with E-state index >= 15 is 0 Å². The molecule has 0 aliphatic heterocycles. The van der Waals surface area contributed by atoms with E-state index in [0.29, 0.717) is 11.4 Å². The summed E-state index contributed by atoms with van der Waals surface area (Å²) in [4.78, 5) is 18.3. The van der Waals surface area contributed by atoms with Crippen LogP contribution in [0.4, 0.5) is 0 Å². The Kier molecular flexibility index (Phi) is 3.15. The minimum Gasteiger partial charge on any atom is -0.508 e. The molecule has 1 aromatic carbocycles. The molecule has 5 nitrogen and oxygen atoms in total. The van der Waals surface area contributed by atoms with Crippen molar-refractivity contribution in [2.45, 2.75) is 6.42 Å². The van der Waals surface area contributed by atoms with Gasteiger partial charge in [0, 0.05) is 28.9 Å². The molecule has 2 aromatic heterocycles. The standard InChI is InChI=1S/C14H12N3O2S/c15-13(19)14-17-9(7-20-14)2-1-8-6-16-12-4-3-10(18)5-11(8)12/h2-7,16,18H,1H2,(H2,15,19). The summed E-state index contributed by atoms with van der Waals surface area (Å²) in [6.07, 6.45) is 4.49. The lowest BCUT2D eigenvalue weighted by atomic mass is 10.1. The molecule has 0 saturated carbocycles. The largest absolute Gasteiger partial charge is 0.508 e. The number of rotatable bonds is 4. The molecule has 0 unspecified atom stereocenters. The lowest BCUT2D eigenvalue weighted by molar-refractivity contribution is 0.1000. The van der Waals surface area contributed by atoms with E-state index in [0.717, 1.165) is 22.2 Å². The third-order valence-electron chi connectivity index (χ3n) is 3.01. The third-order valence-corrected chi connectivity index (χ3v) is 3.89. The van der Waals surface area contributed by atoms with Crippen LogP contribution in [0.15, 0.2) is 29.8 Å². The number of nitrogens with two attached hydrogens (primary N) is 1. The quantitative estimate of drug-likeness (QED) is 0.686. The number of benzene rings is 1. The molecule has 0 aliphatic rings. The predicted octanol–water partition coefficient (Wildman–Crippen LogP) is 2.22. The topological polar surface area (TPSA) is 92.0 Å². The molecule has 1 amide bonds. The fourth-order valence-electron chi connectivity index (χ4n) is 2.04. The van der Waals surface area contributed by atoms with Crippen LogP contribution in [0.25, 0.3) is 10.9 Å². The highest BCUT2D eigenvalue weighted by Gasteiger charge is 2.09. The number of aromatic amines is 1. The fourth-order valence-corrected chi connectivity index (χ4v) is 2.70. The Labute approximate surface area is 119 Å². The molecule has 0 atom stereocenters. The molecular weight excluding hydrogens is 274 g/mol. The second-order valence-corrected chi connectivity index (χ2v) is 5.25. The molecule has 20 heavy (non-hydrogen) atoms. The van der Waals surface area contributed by atoms with E-state index in [1.807, 2.05) is 18.7 Å². The molecule has 101 valence electrons. The van der Waals surface area contributed by atoms with Crippen LogP contribution >= 0.6 is 11.3 Å². The van der Waals surface area contributed by atoms with Gasteiger partial charge in [0.1, 0.15) is 5.75 Å². The van der Waals surface area contributed by atoms with Gasteiger partial charge in [-0.2, -0.15) is 0 Å². The van der Waals surface area contributed by atoms with Gasteiger partial charge in [0.15, 0.2) is 5.01 Å². The Morgan fingerprint density at radius 2 is 2.35 bits per heavy atom. The van der Waals surface area contributed by atoms with Crippen LogP contribution in [0.1, 0.15) is 21.1 Å². The van der Waals surface area contributed by atoms with E-state index in [1.165, 1.54) is 11.3 Å². The molecule has 0 bridgehead atoms. The summed E-state index contributed by atoms with van der Waals surface area (Å²) in [5, 5.41) is 12.6. The number of phenols is 1. The van der Waals surface area contributed by atoms with Crippen molar-refractivity contribution in [2.75, 3.05) is 0 Å². The minimum atomic E-state index is -0.508. The zero-order chi connectivity index (χ0) is 14.1. The van der Waals surface area contributed by atoms with Gasteiger partial charge in [0.2, 0.25) is 0 Å². The predicted molar refractivity (Wildman–Crippen MR) is 77.7 cm³/mol. The minimum absolute atomic E-state index is 0.239. The Bertz CT molecular complexity index is 776. The number of hydrogen-bond donors (Lipinski definition) is 3. The maximum absolute atomic E-state index is 11.0. The Morgan fingerprint density at radius 1 is 1.50 bits per heavy atom. The molecule has 0 aliphatic carbocycles. The summed E-state index contributed by atoms with van der Waals surface area (Å²) < 4.78 is 0. The molecular formula is C14H12N3O2S. The Balaban J connectivity index is 1.79. The van der Waals surface area contributed by atoms with Crippen LogP contribution < -0.4 is 5.73 Å². The van der Waals surface area contributed by atoms with E-state index < -0.39 is 5.91 Å². The van der Waals surface area contributed by atoms with Gasteiger partial charge in [0.05, 0.1) is 5.69 Å². The summed E-state index contributed by atoms with van der Waals surface area (Å²) in [6.45, 7) is 0. The number of nitrogens with one attached hydrogen (secondary N) is 1. The van der Waals surface area contributed by atoms with Gasteiger partial charge < -0.3 is 15.8 Å². The average molecular weight is 286 g/mol. The number of primary amides is 1. The van der Waals surface area contributed by atoms with Crippen molar-refractivity contribution in [1.82, 2.24) is 9.97 Å². The monoisotopic (exact) mass is 286 g/mol. The van der Waals surface area contributed by atoms with Crippen molar-refractivity contribution in [1.29, 1.82) is 0 Å². The number of nitrogens with zero attached hydrogens (tertiary/aromatic N) is 1. The first kappa shape index (κ1) is 12.7. The number of H-pyrrole nitrogens is 1. The normalized spacial score (nSPS) is 11.0. The van der Waals surface area contributed by atoms with E-state index in [-0.39, 0.29) is 5.75 Å². The first-order valence-electron chi connectivity index (χ1n) is 6.01. The number of fused-ring (bicyclic) bond motifs is 1. The Morgan fingerprint density at radius 3 is 3.10 bits per heavy atom. The van der Waals surface area contributed by atoms with Crippen molar-refractivity contribution in [3.63, 3.8) is 0 Å². The van der Waals surface area contributed by atoms with Crippen LogP contribution in [0.3, 0.4) is 0 Å². The van der Waals surface area contributed by atoms with Crippen molar-refractivity contribution in [3.05, 3.63) is 52.5 Å². The molecule has 6 heteroatoms. The number of carbonyl (C=O) groups excluding carboxylic acids is 1. The van der Waals surface area contributed by atoms with Gasteiger partial charge in [-0.05, 0) is 30.2 Å². The molecule has 1 radical (unpaired) electrons. The van der Waals surface area contributed by atoms with Gasteiger partial charge in [-0.1, -0.05) is 0 Å². The fraction of sp³-hybridized carbons (Fsp3) is 0.0714.